The molecule has 0 saturated carbocycles. The summed E-state index contributed by atoms with van der Waals surface area (Å²) in [7, 11) is 0. The molecule has 10 nitrogen and oxygen atoms in total. The van der Waals surface area contributed by atoms with Crippen molar-refractivity contribution in [2.24, 2.45) is 0 Å². The van der Waals surface area contributed by atoms with Crippen molar-refractivity contribution >= 4 is 30.4 Å². The van der Waals surface area contributed by atoms with E-state index in [0.29, 0.717) is 13.0 Å². The van der Waals surface area contributed by atoms with E-state index in [1.807, 2.05) is 0 Å². The van der Waals surface area contributed by atoms with E-state index in [1.54, 1.807) is 0 Å². The molecule has 3 amide bonds. The Hall–Kier alpha value is -1.40. The second-order valence-corrected chi connectivity index (χ2v) is 14.4. The highest BCUT2D eigenvalue weighted by molar-refractivity contribution is 7.81. The number of hydrogen-bond acceptors (Lipinski definition) is 8. The molecule has 0 aromatic rings. The third kappa shape index (κ3) is 19.1. The maximum atomic E-state index is 13.5. The van der Waals surface area contributed by atoms with Crippen molar-refractivity contribution in [3.63, 3.8) is 0 Å². The molecule has 1 fully saturated rings. The van der Waals surface area contributed by atoms with Gasteiger partial charge >= 0.3 is 0 Å². The Bertz CT molecular complexity index is 852. The molecule has 11 heteroatoms. The predicted octanol–water partition coefficient (Wildman–Crippen LogP) is 5.49. The Morgan fingerprint density at radius 2 is 1.17 bits per heavy atom. The summed E-state index contributed by atoms with van der Waals surface area (Å²) < 4.78 is 5.91. The molecule has 0 aromatic heterocycles. The average molecular weight is 702 g/mol. The van der Waals surface area contributed by atoms with Gasteiger partial charge in [-0.25, -0.2) is 0 Å². The van der Waals surface area contributed by atoms with Crippen LogP contribution in [0.4, 0.5) is 0 Å². The number of nitrogens with one attached hydrogen (secondary N) is 3. The number of carbonyl (C=O) groups excluding carboxylic acids is 3. The van der Waals surface area contributed by atoms with Crippen LogP contribution in [0, 0.1) is 0 Å². The minimum absolute atomic E-state index is 0.264. The van der Waals surface area contributed by atoms with E-state index in [0.717, 1.165) is 38.5 Å². The normalized spacial score (nSPS) is 22.2. The van der Waals surface area contributed by atoms with Gasteiger partial charge in [-0.3, -0.25) is 14.4 Å². The van der Waals surface area contributed by atoms with Crippen LogP contribution >= 0.6 is 12.6 Å². The molecule has 0 spiro atoms. The van der Waals surface area contributed by atoms with Gasteiger partial charge in [0.1, 0.15) is 24.4 Å². The minimum atomic E-state index is -1.47. The van der Waals surface area contributed by atoms with Crippen molar-refractivity contribution < 1.29 is 34.4 Å². The highest BCUT2D eigenvalue weighted by atomic mass is 32.1. The van der Waals surface area contributed by atoms with E-state index >= 15 is 0 Å². The zero-order chi connectivity index (χ0) is 35.6. The van der Waals surface area contributed by atoms with Crippen LogP contribution < -0.4 is 16.0 Å². The van der Waals surface area contributed by atoms with Crippen LogP contribution in [0.1, 0.15) is 162 Å². The Kier molecular flexibility index (Phi) is 26.3. The molecular weight excluding hydrogens is 630 g/mol. The highest BCUT2D eigenvalue weighted by Crippen LogP contribution is 2.27. The Labute approximate surface area is 297 Å². The second-order valence-electron chi connectivity index (χ2n) is 13.8. The Balaban J connectivity index is 2.71. The number of ether oxygens (including phenoxy) is 1. The molecule has 48 heavy (non-hydrogen) atoms. The van der Waals surface area contributed by atoms with Crippen LogP contribution in [-0.2, 0) is 19.1 Å². The molecule has 282 valence electrons. The van der Waals surface area contributed by atoms with Crippen LogP contribution in [-0.4, -0.2) is 87.9 Å². The van der Waals surface area contributed by atoms with Crippen molar-refractivity contribution in [1.82, 2.24) is 16.0 Å². The van der Waals surface area contributed by atoms with Crippen molar-refractivity contribution in [3.05, 3.63) is 0 Å². The number of thiol groups is 1. The molecule has 0 radical (unpaired) electrons. The van der Waals surface area contributed by atoms with Crippen LogP contribution in [0.3, 0.4) is 0 Å². The second kappa shape index (κ2) is 28.3. The smallest absolute Gasteiger partial charge is 0.243 e. The van der Waals surface area contributed by atoms with Gasteiger partial charge in [0.2, 0.25) is 17.7 Å². The van der Waals surface area contributed by atoms with Crippen LogP contribution in [0.15, 0.2) is 0 Å². The zero-order valence-electron chi connectivity index (χ0n) is 30.4. The van der Waals surface area contributed by atoms with Crippen LogP contribution in [0.2, 0.25) is 0 Å². The van der Waals surface area contributed by atoms with E-state index in [4.69, 9.17) is 17.4 Å². The molecule has 1 rings (SSSR count). The lowest BCUT2D eigenvalue weighted by Gasteiger charge is -2.45. The van der Waals surface area contributed by atoms with E-state index in [1.165, 1.54) is 96.8 Å². The molecule has 0 aliphatic carbocycles. The van der Waals surface area contributed by atoms with E-state index in [2.05, 4.69) is 29.8 Å². The lowest BCUT2D eigenvalue weighted by molar-refractivity contribution is -0.196. The lowest BCUT2D eigenvalue weighted by Crippen LogP contribution is -2.69. The first-order valence-corrected chi connectivity index (χ1v) is 19.8. The predicted molar refractivity (Wildman–Crippen MR) is 196 cm³/mol. The van der Waals surface area contributed by atoms with Gasteiger partial charge in [-0.05, 0) is 12.8 Å². The summed E-state index contributed by atoms with van der Waals surface area (Å²) in [5.74, 6) is -1.18. The van der Waals surface area contributed by atoms with Gasteiger partial charge in [0.05, 0.1) is 24.0 Å². The average Bonchev–Trinajstić information content (AvgIpc) is 3.06. The van der Waals surface area contributed by atoms with Crippen molar-refractivity contribution in [2.75, 3.05) is 13.2 Å². The number of carbonyl (C=O) groups is 3. The first-order valence-electron chi connectivity index (χ1n) is 19.3. The number of hydrogen-bond donors (Lipinski definition) is 7. The fourth-order valence-electron chi connectivity index (χ4n) is 6.46. The Morgan fingerprint density at radius 3 is 1.62 bits per heavy atom. The van der Waals surface area contributed by atoms with Gasteiger partial charge in [0.25, 0.3) is 0 Å². The fourth-order valence-corrected chi connectivity index (χ4v) is 6.93. The molecule has 1 unspecified atom stereocenters. The molecule has 1 aliphatic rings. The van der Waals surface area contributed by atoms with Gasteiger partial charge in [-0.2, -0.15) is 12.6 Å². The molecule has 1 heterocycles. The third-order valence-electron chi connectivity index (χ3n) is 9.45. The van der Waals surface area contributed by atoms with Gasteiger partial charge in [0.15, 0.2) is 0 Å². The maximum Gasteiger partial charge on any atom is 0.243 e. The number of aliphatic hydroxyl groups is 3. The summed E-state index contributed by atoms with van der Waals surface area (Å²) in [6.45, 7) is 5.58. The third-order valence-corrected chi connectivity index (χ3v) is 10.0. The summed E-state index contributed by atoms with van der Waals surface area (Å²) >= 11 is 4.70. The summed E-state index contributed by atoms with van der Waals surface area (Å²) in [6, 6.07) is -2.23. The number of aliphatic hydroxyl groups excluding tert-OH is 3. The van der Waals surface area contributed by atoms with Gasteiger partial charge in [0, 0.05) is 19.9 Å². The van der Waals surface area contributed by atoms with Crippen molar-refractivity contribution in [1.29, 1.82) is 0 Å². The lowest BCUT2D eigenvalue weighted by atomic mass is 9.88. The van der Waals surface area contributed by atoms with Crippen LogP contribution in [0.25, 0.3) is 0 Å². The number of rotatable bonds is 29. The van der Waals surface area contributed by atoms with Gasteiger partial charge in [-0.1, -0.05) is 136 Å². The van der Waals surface area contributed by atoms with E-state index < -0.39 is 60.2 Å². The maximum absolute atomic E-state index is 13.5. The molecule has 1 aliphatic heterocycles. The first-order chi connectivity index (χ1) is 23.2. The molecular formula is C37H71N3O7S. The summed E-state index contributed by atoms with van der Waals surface area (Å²) in [6.07, 6.45) is 19.7. The first kappa shape index (κ1) is 44.6. The quantitative estimate of drug-likeness (QED) is 0.0401. The zero-order valence-corrected chi connectivity index (χ0v) is 31.3. The molecule has 1 saturated heterocycles. The summed E-state index contributed by atoms with van der Waals surface area (Å²) in [5, 5.41) is 38.4. The SMILES string of the molecule is CCCCCCCCCCCCCCNC(=O)[C@@H](NC(=O)CCCCCCCCCCC)C(S)[C@@H]1O[C@H](CO)[C@H](O)[C@H](O)[C@H]1NC(C)=O. The van der Waals surface area contributed by atoms with Crippen molar-refractivity contribution in [3.8, 4) is 0 Å². The topological polar surface area (TPSA) is 157 Å². The summed E-state index contributed by atoms with van der Waals surface area (Å²) in [4.78, 5) is 38.6. The monoisotopic (exact) mass is 702 g/mol. The van der Waals surface area contributed by atoms with E-state index in [9.17, 15) is 29.7 Å². The molecule has 0 aromatic carbocycles. The van der Waals surface area contributed by atoms with Crippen LogP contribution in [0.5, 0.6) is 0 Å². The summed E-state index contributed by atoms with van der Waals surface area (Å²) in [5.41, 5.74) is 0. The van der Waals surface area contributed by atoms with Gasteiger partial charge in [-0.15, -0.1) is 0 Å². The largest absolute Gasteiger partial charge is 0.394 e. The van der Waals surface area contributed by atoms with Crippen molar-refractivity contribution in [2.45, 2.75) is 204 Å². The fraction of sp³-hybridized carbons (Fsp3) is 0.919. The van der Waals surface area contributed by atoms with Gasteiger partial charge < -0.3 is 36.0 Å². The molecule has 7 atom stereocenters. The molecule has 6 N–H and O–H groups in total. The number of unbranched alkanes of at least 4 members (excludes halogenated alkanes) is 19. The number of amides is 3. The Morgan fingerprint density at radius 1 is 0.708 bits per heavy atom. The highest BCUT2D eigenvalue weighted by Gasteiger charge is 2.49. The minimum Gasteiger partial charge on any atom is -0.394 e. The van der Waals surface area contributed by atoms with E-state index in [-0.39, 0.29) is 12.3 Å². The molecule has 0 bridgehead atoms. The standard InChI is InChI=1S/C37H71N3O7S/c1-4-6-8-10-12-14-15-16-18-20-22-24-26-38-37(46)32(40-30(43)25-23-21-19-17-13-11-9-7-5-2)36(48)35-31(39-28(3)42)34(45)33(44)29(27-41)47-35/h29,31-36,41,44-45,48H,4-27H2,1-3H3,(H,38,46)(H,39,42)(H,40,43)/t29-,31-,32+,33+,34-,35-,36?/m1/s1.